The monoisotopic (exact) mass is 188 g/mol. The summed E-state index contributed by atoms with van der Waals surface area (Å²) in [5.41, 5.74) is -0.811. The molecule has 78 valence electrons. The highest BCUT2D eigenvalue weighted by atomic mass is 16.3. The lowest BCUT2D eigenvalue weighted by molar-refractivity contribution is 0.0581. The molecule has 13 heavy (non-hydrogen) atoms. The molecule has 0 bridgehead atoms. The summed E-state index contributed by atoms with van der Waals surface area (Å²) in [7, 11) is 0. The number of amides is 2. The van der Waals surface area contributed by atoms with Crippen LogP contribution in [0.15, 0.2) is 0 Å². The molecule has 0 aliphatic heterocycles. The van der Waals surface area contributed by atoms with Crippen LogP contribution in [0.2, 0.25) is 0 Å². The van der Waals surface area contributed by atoms with Crippen LogP contribution in [0.1, 0.15) is 34.1 Å². The van der Waals surface area contributed by atoms with Crippen LogP contribution in [-0.4, -0.2) is 29.3 Å². The second-order valence-corrected chi connectivity index (χ2v) is 3.83. The van der Waals surface area contributed by atoms with Gasteiger partial charge in [0.15, 0.2) is 0 Å². The summed E-state index contributed by atoms with van der Waals surface area (Å²) in [6.45, 7) is 7.63. The molecular formula is C9H20N2O2. The van der Waals surface area contributed by atoms with Crippen molar-refractivity contribution in [2.24, 2.45) is 0 Å². The van der Waals surface area contributed by atoms with Crippen molar-refractivity contribution in [1.29, 1.82) is 0 Å². The van der Waals surface area contributed by atoms with Crippen molar-refractivity contribution < 1.29 is 9.90 Å². The van der Waals surface area contributed by atoms with E-state index in [2.05, 4.69) is 10.6 Å². The Bertz CT molecular complexity index is 167. The number of rotatable bonds is 4. The maximum absolute atomic E-state index is 11.1. The molecule has 0 saturated carbocycles. The fourth-order valence-electron chi connectivity index (χ4n) is 0.709. The summed E-state index contributed by atoms with van der Waals surface area (Å²) in [5.74, 6) is 0. The Kier molecular flexibility index (Phi) is 4.77. The molecule has 0 spiro atoms. The van der Waals surface area contributed by atoms with Crippen molar-refractivity contribution in [3.8, 4) is 0 Å². The Morgan fingerprint density at radius 2 is 2.08 bits per heavy atom. The Morgan fingerprint density at radius 3 is 2.46 bits per heavy atom. The fourth-order valence-corrected chi connectivity index (χ4v) is 0.709. The SMILES string of the molecule is CCC(C)(O)CNC(=O)NC(C)C. The molecule has 3 N–H and O–H groups in total. The lowest BCUT2D eigenvalue weighted by atomic mass is 10.0. The van der Waals surface area contributed by atoms with E-state index in [0.29, 0.717) is 6.42 Å². The highest BCUT2D eigenvalue weighted by molar-refractivity contribution is 5.74. The molecule has 2 amide bonds. The first kappa shape index (κ1) is 12.2. The van der Waals surface area contributed by atoms with E-state index >= 15 is 0 Å². The van der Waals surface area contributed by atoms with Crippen LogP contribution in [0.3, 0.4) is 0 Å². The first-order chi connectivity index (χ1) is 5.87. The number of carbonyl (C=O) groups is 1. The van der Waals surface area contributed by atoms with E-state index in [0.717, 1.165) is 0 Å². The van der Waals surface area contributed by atoms with Gasteiger partial charge in [0.1, 0.15) is 0 Å². The van der Waals surface area contributed by atoms with E-state index < -0.39 is 5.60 Å². The maximum atomic E-state index is 11.1. The van der Waals surface area contributed by atoms with Gasteiger partial charge in [-0.15, -0.1) is 0 Å². The fraction of sp³-hybridized carbons (Fsp3) is 0.889. The van der Waals surface area contributed by atoms with E-state index in [4.69, 9.17) is 0 Å². The number of nitrogens with one attached hydrogen (secondary N) is 2. The van der Waals surface area contributed by atoms with Gasteiger partial charge >= 0.3 is 6.03 Å². The van der Waals surface area contributed by atoms with Gasteiger partial charge in [-0.2, -0.15) is 0 Å². The zero-order chi connectivity index (χ0) is 10.5. The molecule has 0 aromatic carbocycles. The van der Waals surface area contributed by atoms with Gasteiger partial charge in [0.05, 0.1) is 5.60 Å². The van der Waals surface area contributed by atoms with E-state index in [1.54, 1.807) is 6.92 Å². The van der Waals surface area contributed by atoms with Crippen molar-refractivity contribution in [3.63, 3.8) is 0 Å². The highest BCUT2D eigenvalue weighted by Gasteiger charge is 2.18. The quantitative estimate of drug-likeness (QED) is 0.612. The van der Waals surface area contributed by atoms with Crippen molar-refractivity contribution in [2.45, 2.75) is 45.8 Å². The molecule has 0 rings (SSSR count). The minimum absolute atomic E-state index is 0.117. The summed E-state index contributed by atoms with van der Waals surface area (Å²) < 4.78 is 0. The molecule has 0 aliphatic rings. The van der Waals surface area contributed by atoms with Gasteiger partial charge in [0.25, 0.3) is 0 Å². The Labute approximate surface area is 79.7 Å². The Morgan fingerprint density at radius 1 is 1.54 bits per heavy atom. The molecule has 4 nitrogen and oxygen atoms in total. The number of hydrogen-bond donors (Lipinski definition) is 3. The molecule has 0 saturated heterocycles. The molecule has 0 aliphatic carbocycles. The average Bonchev–Trinajstić information content (AvgIpc) is 2.00. The molecule has 0 fully saturated rings. The minimum Gasteiger partial charge on any atom is -0.388 e. The normalized spacial score (nSPS) is 15.2. The van der Waals surface area contributed by atoms with Crippen molar-refractivity contribution in [2.75, 3.05) is 6.54 Å². The maximum Gasteiger partial charge on any atom is 0.315 e. The summed E-state index contributed by atoms with van der Waals surface area (Å²) in [6, 6.07) is -0.115. The Balaban J connectivity index is 3.70. The summed E-state index contributed by atoms with van der Waals surface area (Å²) in [6.07, 6.45) is 0.620. The second kappa shape index (κ2) is 5.07. The summed E-state index contributed by atoms with van der Waals surface area (Å²) in [5, 5.41) is 14.8. The molecule has 1 unspecified atom stereocenters. The molecule has 0 heterocycles. The van der Waals surface area contributed by atoms with E-state index in [-0.39, 0.29) is 18.6 Å². The predicted octanol–water partition coefficient (Wildman–Crippen LogP) is 0.855. The second-order valence-electron chi connectivity index (χ2n) is 3.83. The van der Waals surface area contributed by atoms with Gasteiger partial charge in [-0.1, -0.05) is 6.92 Å². The van der Waals surface area contributed by atoms with Crippen LogP contribution in [0.25, 0.3) is 0 Å². The van der Waals surface area contributed by atoms with Crippen LogP contribution >= 0.6 is 0 Å². The van der Waals surface area contributed by atoms with Gasteiger partial charge in [0.2, 0.25) is 0 Å². The van der Waals surface area contributed by atoms with Crippen LogP contribution in [-0.2, 0) is 0 Å². The number of carbonyl (C=O) groups excluding carboxylic acids is 1. The predicted molar refractivity (Wildman–Crippen MR) is 52.6 cm³/mol. The van der Waals surface area contributed by atoms with Crippen molar-refractivity contribution >= 4 is 6.03 Å². The summed E-state index contributed by atoms with van der Waals surface area (Å²) in [4.78, 5) is 11.1. The van der Waals surface area contributed by atoms with Crippen molar-refractivity contribution in [3.05, 3.63) is 0 Å². The topological polar surface area (TPSA) is 61.4 Å². The summed E-state index contributed by atoms with van der Waals surface area (Å²) >= 11 is 0. The molecule has 4 heteroatoms. The highest BCUT2D eigenvalue weighted by Crippen LogP contribution is 2.05. The minimum atomic E-state index is -0.811. The third-order valence-electron chi connectivity index (χ3n) is 1.81. The third-order valence-corrected chi connectivity index (χ3v) is 1.81. The standard InChI is InChI=1S/C9H20N2O2/c1-5-9(4,13)6-10-8(12)11-7(2)3/h7,13H,5-6H2,1-4H3,(H2,10,11,12). The van der Waals surface area contributed by atoms with Crippen LogP contribution < -0.4 is 10.6 Å². The molecule has 0 aromatic heterocycles. The number of aliphatic hydroxyl groups is 1. The lowest BCUT2D eigenvalue weighted by Crippen LogP contribution is -2.46. The van der Waals surface area contributed by atoms with Gasteiger partial charge in [-0.05, 0) is 27.2 Å². The third kappa shape index (κ3) is 6.40. The Hall–Kier alpha value is -0.770. The van der Waals surface area contributed by atoms with Crippen LogP contribution in [0, 0.1) is 0 Å². The number of hydrogen-bond acceptors (Lipinski definition) is 2. The molecule has 0 radical (unpaired) electrons. The van der Waals surface area contributed by atoms with Crippen LogP contribution in [0.5, 0.6) is 0 Å². The van der Waals surface area contributed by atoms with Crippen LogP contribution in [0.4, 0.5) is 4.79 Å². The van der Waals surface area contributed by atoms with E-state index in [1.165, 1.54) is 0 Å². The molecular weight excluding hydrogens is 168 g/mol. The van der Waals surface area contributed by atoms with E-state index in [1.807, 2.05) is 20.8 Å². The largest absolute Gasteiger partial charge is 0.388 e. The lowest BCUT2D eigenvalue weighted by Gasteiger charge is -2.22. The zero-order valence-electron chi connectivity index (χ0n) is 8.85. The smallest absolute Gasteiger partial charge is 0.315 e. The van der Waals surface area contributed by atoms with Gasteiger partial charge in [-0.3, -0.25) is 0 Å². The average molecular weight is 188 g/mol. The molecule has 1 atom stereocenters. The molecule has 0 aromatic rings. The zero-order valence-corrected chi connectivity index (χ0v) is 8.85. The van der Waals surface area contributed by atoms with Gasteiger partial charge in [-0.25, -0.2) is 4.79 Å². The van der Waals surface area contributed by atoms with Crippen molar-refractivity contribution in [1.82, 2.24) is 10.6 Å². The first-order valence-electron chi connectivity index (χ1n) is 4.64. The van der Waals surface area contributed by atoms with Gasteiger partial charge in [0, 0.05) is 12.6 Å². The first-order valence-corrected chi connectivity index (χ1v) is 4.64. The number of urea groups is 1. The van der Waals surface area contributed by atoms with E-state index in [9.17, 15) is 9.90 Å². The van der Waals surface area contributed by atoms with Gasteiger partial charge < -0.3 is 15.7 Å².